The highest BCUT2D eigenvalue weighted by Crippen LogP contribution is 2.16. The Morgan fingerprint density at radius 3 is 3.06 bits per heavy atom. The molecule has 1 fully saturated rings. The number of hydrogen-bond donors (Lipinski definition) is 1. The normalized spacial score (nSPS) is 18.3. The summed E-state index contributed by atoms with van der Waals surface area (Å²) < 4.78 is 1.97. The molecule has 1 aliphatic rings. The van der Waals surface area contributed by atoms with Gasteiger partial charge in [-0.1, -0.05) is 11.3 Å². The van der Waals surface area contributed by atoms with Gasteiger partial charge in [0.15, 0.2) is 0 Å². The Balaban J connectivity index is 1.86. The molecule has 5 nitrogen and oxygen atoms in total. The Bertz CT molecular complexity index is 482. The van der Waals surface area contributed by atoms with Crippen molar-refractivity contribution in [3.05, 3.63) is 16.9 Å². The van der Waals surface area contributed by atoms with Gasteiger partial charge >= 0.3 is 0 Å². The average Bonchev–Trinajstić information content (AvgIpc) is 2.84. The summed E-state index contributed by atoms with van der Waals surface area (Å²) in [5, 5.41) is 7.70. The van der Waals surface area contributed by atoms with Crippen molar-refractivity contribution in [3.63, 3.8) is 0 Å². The lowest BCUT2D eigenvalue weighted by molar-refractivity contribution is 0.229. The van der Waals surface area contributed by atoms with Crippen LogP contribution in [0.4, 0.5) is 0 Å². The number of rotatable bonds is 2. The van der Waals surface area contributed by atoms with Crippen LogP contribution in [0.3, 0.4) is 0 Å². The maximum Gasteiger partial charge on any atom is 0.212 e. The zero-order valence-electron chi connectivity index (χ0n) is 9.31. The highest BCUT2D eigenvalue weighted by atomic mass is 32.1. The van der Waals surface area contributed by atoms with Gasteiger partial charge in [-0.25, -0.2) is 9.50 Å². The largest absolute Gasteiger partial charge is 0.314 e. The minimum absolute atomic E-state index is 0.957. The molecule has 0 bridgehead atoms. The molecule has 3 rings (SSSR count). The Morgan fingerprint density at radius 1 is 1.44 bits per heavy atom. The van der Waals surface area contributed by atoms with Gasteiger partial charge in [0.05, 0.1) is 11.4 Å². The fourth-order valence-electron chi connectivity index (χ4n) is 2.10. The SMILES string of the molecule is Cc1nc2scnn2c1CN1CCNCC1. The minimum Gasteiger partial charge on any atom is -0.314 e. The molecule has 0 atom stereocenters. The van der Waals surface area contributed by atoms with Crippen LogP contribution in [0, 0.1) is 6.92 Å². The van der Waals surface area contributed by atoms with Gasteiger partial charge in [-0.05, 0) is 6.92 Å². The lowest BCUT2D eigenvalue weighted by atomic mass is 10.3. The summed E-state index contributed by atoms with van der Waals surface area (Å²) in [6.07, 6.45) is 0. The fraction of sp³-hybridized carbons (Fsp3) is 0.600. The summed E-state index contributed by atoms with van der Waals surface area (Å²) in [6, 6.07) is 0. The van der Waals surface area contributed by atoms with Crippen LogP contribution < -0.4 is 5.32 Å². The van der Waals surface area contributed by atoms with Crippen LogP contribution in [0.1, 0.15) is 11.4 Å². The van der Waals surface area contributed by atoms with Crippen molar-refractivity contribution < 1.29 is 0 Å². The van der Waals surface area contributed by atoms with Crippen LogP contribution in [-0.2, 0) is 6.54 Å². The predicted octanol–water partition coefficient (Wildman–Crippen LogP) is 0.504. The van der Waals surface area contributed by atoms with E-state index in [1.54, 1.807) is 11.3 Å². The zero-order valence-corrected chi connectivity index (χ0v) is 10.1. The van der Waals surface area contributed by atoms with Gasteiger partial charge in [-0.2, -0.15) is 5.10 Å². The first kappa shape index (κ1) is 10.2. The van der Waals surface area contributed by atoms with Crippen LogP contribution in [0.15, 0.2) is 5.51 Å². The molecule has 0 amide bonds. The highest BCUT2D eigenvalue weighted by Gasteiger charge is 2.16. The number of aryl methyl sites for hydroxylation is 1. The molecule has 86 valence electrons. The molecule has 2 aromatic rings. The standard InChI is InChI=1S/C10H15N5S/c1-8-9(6-14-4-2-11-3-5-14)15-10(13-8)16-7-12-15/h7,11H,2-6H2,1H3. The molecular weight excluding hydrogens is 222 g/mol. The number of nitrogens with zero attached hydrogens (tertiary/aromatic N) is 4. The van der Waals surface area contributed by atoms with Gasteiger partial charge in [0.1, 0.15) is 5.51 Å². The van der Waals surface area contributed by atoms with Crippen LogP contribution in [0.25, 0.3) is 4.96 Å². The van der Waals surface area contributed by atoms with Crippen molar-refractivity contribution in [1.82, 2.24) is 24.8 Å². The molecule has 1 aliphatic heterocycles. The van der Waals surface area contributed by atoms with E-state index in [0.29, 0.717) is 0 Å². The number of piperazine rings is 1. The average molecular weight is 237 g/mol. The highest BCUT2D eigenvalue weighted by molar-refractivity contribution is 7.14. The molecule has 16 heavy (non-hydrogen) atoms. The monoisotopic (exact) mass is 237 g/mol. The summed E-state index contributed by atoms with van der Waals surface area (Å²) in [6.45, 7) is 7.40. The van der Waals surface area contributed by atoms with E-state index >= 15 is 0 Å². The minimum atomic E-state index is 0.957. The summed E-state index contributed by atoms with van der Waals surface area (Å²) in [4.78, 5) is 7.97. The molecular formula is C10H15N5S. The molecule has 0 spiro atoms. The van der Waals surface area contributed by atoms with Crippen molar-refractivity contribution in [2.75, 3.05) is 26.2 Å². The second-order valence-electron chi connectivity index (χ2n) is 4.10. The summed E-state index contributed by atoms with van der Waals surface area (Å²) in [5.74, 6) is 0. The summed E-state index contributed by atoms with van der Waals surface area (Å²) >= 11 is 1.59. The third-order valence-corrected chi connectivity index (χ3v) is 3.70. The van der Waals surface area contributed by atoms with E-state index in [9.17, 15) is 0 Å². The number of imidazole rings is 1. The summed E-state index contributed by atoms with van der Waals surface area (Å²) in [5.41, 5.74) is 4.19. The smallest absolute Gasteiger partial charge is 0.212 e. The van der Waals surface area contributed by atoms with Gasteiger partial charge in [-0.3, -0.25) is 4.90 Å². The quantitative estimate of drug-likeness (QED) is 0.826. The number of hydrogen-bond acceptors (Lipinski definition) is 5. The van der Waals surface area contributed by atoms with Gasteiger partial charge < -0.3 is 5.32 Å². The molecule has 2 aromatic heterocycles. The van der Waals surface area contributed by atoms with Crippen LogP contribution >= 0.6 is 11.3 Å². The molecule has 1 saturated heterocycles. The molecule has 1 N–H and O–H groups in total. The van der Waals surface area contributed by atoms with E-state index in [1.165, 1.54) is 5.69 Å². The van der Waals surface area contributed by atoms with Crippen molar-refractivity contribution >= 4 is 16.3 Å². The van der Waals surface area contributed by atoms with Gasteiger partial charge in [-0.15, -0.1) is 0 Å². The van der Waals surface area contributed by atoms with Gasteiger partial charge in [0.25, 0.3) is 0 Å². The molecule has 0 aliphatic carbocycles. The molecule has 0 aromatic carbocycles. The maximum atomic E-state index is 4.52. The second-order valence-corrected chi connectivity index (χ2v) is 4.91. The first-order valence-electron chi connectivity index (χ1n) is 5.55. The van der Waals surface area contributed by atoms with E-state index in [0.717, 1.165) is 43.4 Å². The molecule has 0 unspecified atom stereocenters. The van der Waals surface area contributed by atoms with E-state index < -0.39 is 0 Å². The molecule has 0 radical (unpaired) electrons. The first-order valence-corrected chi connectivity index (χ1v) is 6.43. The number of fused-ring (bicyclic) bond motifs is 1. The first-order chi connectivity index (χ1) is 7.84. The predicted molar refractivity (Wildman–Crippen MR) is 63.7 cm³/mol. The topological polar surface area (TPSA) is 45.5 Å². The molecule has 6 heteroatoms. The van der Waals surface area contributed by atoms with E-state index in [-0.39, 0.29) is 0 Å². The van der Waals surface area contributed by atoms with Crippen LogP contribution in [0.5, 0.6) is 0 Å². The second kappa shape index (κ2) is 4.12. The zero-order chi connectivity index (χ0) is 11.0. The number of nitrogens with one attached hydrogen (secondary N) is 1. The summed E-state index contributed by atoms with van der Waals surface area (Å²) in [7, 11) is 0. The van der Waals surface area contributed by atoms with Gasteiger partial charge in [0, 0.05) is 32.7 Å². The Kier molecular flexibility index (Phi) is 2.62. The number of aromatic nitrogens is 3. The molecule has 3 heterocycles. The lowest BCUT2D eigenvalue weighted by Crippen LogP contribution is -2.43. The van der Waals surface area contributed by atoms with Gasteiger partial charge in [0.2, 0.25) is 4.96 Å². The van der Waals surface area contributed by atoms with E-state index in [2.05, 4.69) is 27.2 Å². The van der Waals surface area contributed by atoms with Crippen molar-refractivity contribution in [3.8, 4) is 0 Å². The Hall–Kier alpha value is -0.980. The van der Waals surface area contributed by atoms with E-state index in [1.807, 2.05) is 10.0 Å². The maximum absolute atomic E-state index is 4.52. The van der Waals surface area contributed by atoms with Crippen LogP contribution in [0.2, 0.25) is 0 Å². The van der Waals surface area contributed by atoms with Crippen molar-refractivity contribution in [2.24, 2.45) is 0 Å². The Labute approximate surface area is 98.1 Å². The third kappa shape index (κ3) is 1.73. The Morgan fingerprint density at radius 2 is 2.25 bits per heavy atom. The lowest BCUT2D eigenvalue weighted by Gasteiger charge is -2.26. The van der Waals surface area contributed by atoms with E-state index in [4.69, 9.17) is 0 Å². The van der Waals surface area contributed by atoms with Crippen molar-refractivity contribution in [1.29, 1.82) is 0 Å². The third-order valence-electron chi connectivity index (χ3n) is 3.02. The van der Waals surface area contributed by atoms with Crippen LogP contribution in [-0.4, -0.2) is 45.7 Å². The fourth-order valence-corrected chi connectivity index (χ4v) is 2.78. The molecule has 0 saturated carbocycles. The van der Waals surface area contributed by atoms with Crippen molar-refractivity contribution in [2.45, 2.75) is 13.5 Å².